The van der Waals surface area contributed by atoms with Gasteiger partial charge in [0, 0.05) is 0 Å². The molecule has 1 aromatic heterocycles. The van der Waals surface area contributed by atoms with Gasteiger partial charge in [0.1, 0.15) is 5.82 Å². The Morgan fingerprint density at radius 3 is 3.06 bits per heavy atom. The van der Waals surface area contributed by atoms with E-state index in [4.69, 9.17) is 0 Å². The molecule has 1 unspecified atom stereocenters. The number of benzene rings is 1. The van der Waals surface area contributed by atoms with Crippen LogP contribution in [0, 0.1) is 5.82 Å². The standard InChI is InChI=1S/C11H12FN5O/c1-7(11-14-16-17-15-11)13-10(18)6-8-3-2-4-9(12)5-8/h2-5,7H,6H2,1H3,(H,13,18)(H,14,15,16,17). The van der Waals surface area contributed by atoms with Crippen LogP contribution in [0.15, 0.2) is 24.3 Å². The quantitative estimate of drug-likeness (QED) is 0.837. The molecule has 0 fully saturated rings. The number of aromatic nitrogens is 4. The first-order chi connectivity index (χ1) is 8.65. The molecule has 2 rings (SSSR count). The van der Waals surface area contributed by atoms with Crippen LogP contribution >= 0.6 is 0 Å². The van der Waals surface area contributed by atoms with Crippen LogP contribution < -0.4 is 5.32 Å². The number of tetrazole rings is 1. The van der Waals surface area contributed by atoms with Gasteiger partial charge in [-0.15, -0.1) is 10.2 Å². The lowest BCUT2D eigenvalue weighted by Gasteiger charge is -2.09. The van der Waals surface area contributed by atoms with E-state index in [9.17, 15) is 9.18 Å². The van der Waals surface area contributed by atoms with E-state index < -0.39 is 0 Å². The van der Waals surface area contributed by atoms with Gasteiger partial charge in [-0.3, -0.25) is 4.79 Å². The Labute approximate surface area is 103 Å². The smallest absolute Gasteiger partial charge is 0.225 e. The van der Waals surface area contributed by atoms with E-state index in [2.05, 4.69) is 25.9 Å². The molecule has 1 aromatic carbocycles. The van der Waals surface area contributed by atoms with Gasteiger partial charge in [0.2, 0.25) is 5.91 Å². The molecule has 0 aliphatic carbocycles. The maximum atomic E-state index is 12.9. The van der Waals surface area contributed by atoms with E-state index in [-0.39, 0.29) is 24.2 Å². The highest BCUT2D eigenvalue weighted by Gasteiger charge is 2.13. The summed E-state index contributed by atoms with van der Waals surface area (Å²) < 4.78 is 12.9. The number of nitrogens with zero attached hydrogens (tertiary/aromatic N) is 3. The van der Waals surface area contributed by atoms with Crippen molar-refractivity contribution < 1.29 is 9.18 Å². The van der Waals surface area contributed by atoms with Gasteiger partial charge in [0.05, 0.1) is 12.5 Å². The summed E-state index contributed by atoms with van der Waals surface area (Å²) in [6, 6.07) is 5.59. The molecule has 6 nitrogen and oxygen atoms in total. The Bertz CT molecular complexity index is 528. The normalized spacial score (nSPS) is 12.1. The van der Waals surface area contributed by atoms with Gasteiger partial charge < -0.3 is 5.32 Å². The number of aromatic amines is 1. The summed E-state index contributed by atoms with van der Waals surface area (Å²) in [5.41, 5.74) is 0.618. The Hall–Kier alpha value is -2.31. The van der Waals surface area contributed by atoms with Gasteiger partial charge in [-0.25, -0.2) is 4.39 Å². The molecule has 0 spiro atoms. The highest BCUT2D eigenvalue weighted by molar-refractivity contribution is 5.78. The van der Waals surface area contributed by atoms with Gasteiger partial charge in [-0.1, -0.05) is 17.3 Å². The van der Waals surface area contributed by atoms with Crippen LogP contribution in [0.3, 0.4) is 0 Å². The van der Waals surface area contributed by atoms with Gasteiger partial charge in [-0.2, -0.15) is 5.21 Å². The minimum absolute atomic E-state index is 0.111. The average molecular weight is 249 g/mol. The van der Waals surface area contributed by atoms with Gasteiger partial charge in [0.15, 0.2) is 5.82 Å². The molecule has 18 heavy (non-hydrogen) atoms. The molecular formula is C11H12FN5O. The number of hydrogen-bond donors (Lipinski definition) is 2. The maximum Gasteiger partial charge on any atom is 0.225 e. The van der Waals surface area contributed by atoms with Crippen molar-refractivity contribution in [3.63, 3.8) is 0 Å². The van der Waals surface area contributed by atoms with E-state index in [1.165, 1.54) is 12.1 Å². The van der Waals surface area contributed by atoms with Crippen molar-refractivity contribution in [1.29, 1.82) is 0 Å². The minimum Gasteiger partial charge on any atom is -0.346 e. The van der Waals surface area contributed by atoms with Gasteiger partial charge in [0.25, 0.3) is 0 Å². The fourth-order valence-corrected chi connectivity index (χ4v) is 1.54. The number of H-pyrrole nitrogens is 1. The van der Waals surface area contributed by atoms with Crippen molar-refractivity contribution in [2.45, 2.75) is 19.4 Å². The molecule has 7 heteroatoms. The molecule has 0 saturated heterocycles. The number of amides is 1. The SMILES string of the molecule is CC(NC(=O)Cc1cccc(F)c1)c1nn[nH]n1. The second kappa shape index (κ2) is 5.35. The minimum atomic E-state index is -0.355. The summed E-state index contributed by atoms with van der Waals surface area (Å²) in [6.07, 6.45) is 0.111. The second-order valence-electron chi connectivity index (χ2n) is 3.87. The maximum absolute atomic E-state index is 12.9. The lowest BCUT2D eigenvalue weighted by atomic mass is 10.1. The monoisotopic (exact) mass is 249 g/mol. The molecule has 1 heterocycles. The van der Waals surface area contributed by atoms with E-state index in [1.807, 2.05) is 0 Å². The van der Waals surface area contributed by atoms with E-state index >= 15 is 0 Å². The van der Waals surface area contributed by atoms with Gasteiger partial charge >= 0.3 is 0 Å². The van der Waals surface area contributed by atoms with E-state index in [1.54, 1.807) is 19.1 Å². The van der Waals surface area contributed by atoms with Crippen LogP contribution in [-0.4, -0.2) is 26.5 Å². The van der Waals surface area contributed by atoms with Crippen LogP contribution in [0.1, 0.15) is 24.4 Å². The lowest BCUT2D eigenvalue weighted by molar-refractivity contribution is -0.121. The fraction of sp³-hybridized carbons (Fsp3) is 0.273. The third kappa shape index (κ3) is 3.09. The summed E-state index contributed by atoms with van der Waals surface area (Å²) >= 11 is 0. The third-order valence-corrected chi connectivity index (χ3v) is 2.38. The molecule has 1 amide bonds. The molecule has 1 atom stereocenters. The van der Waals surface area contributed by atoms with Crippen molar-refractivity contribution in [3.05, 3.63) is 41.5 Å². The van der Waals surface area contributed by atoms with Crippen molar-refractivity contribution in [2.75, 3.05) is 0 Å². The van der Waals surface area contributed by atoms with Crippen LogP contribution in [-0.2, 0) is 11.2 Å². The number of carbonyl (C=O) groups is 1. The fourth-order valence-electron chi connectivity index (χ4n) is 1.54. The molecule has 2 aromatic rings. The lowest BCUT2D eigenvalue weighted by Crippen LogP contribution is -2.28. The Balaban J connectivity index is 1.93. The largest absolute Gasteiger partial charge is 0.346 e. The van der Waals surface area contributed by atoms with Crippen LogP contribution in [0.25, 0.3) is 0 Å². The van der Waals surface area contributed by atoms with Crippen molar-refractivity contribution in [3.8, 4) is 0 Å². The molecule has 0 aliphatic rings. The first-order valence-corrected chi connectivity index (χ1v) is 5.42. The molecule has 0 bridgehead atoms. The zero-order valence-corrected chi connectivity index (χ0v) is 9.72. The summed E-state index contributed by atoms with van der Waals surface area (Å²) in [4.78, 5) is 11.7. The van der Waals surface area contributed by atoms with Gasteiger partial charge in [-0.05, 0) is 24.6 Å². The number of rotatable bonds is 4. The Morgan fingerprint density at radius 1 is 1.56 bits per heavy atom. The number of halogens is 1. The van der Waals surface area contributed by atoms with Crippen molar-refractivity contribution in [2.24, 2.45) is 0 Å². The molecule has 2 N–H and O–H groups in total. The van der Waals surface area contributed by atoms with E-state index in [0.29, 0.717) is 11.4 Å². The average Bonchev–Trinajstić information content (AvgIpc) is 2.81. The summed E-state index contributed by atoms with van der Waals surface area (Å²) in [5, 5.41) is 16.0. The summed E-state index contributed by atoms with van der Waals surface area (Å²) in [6.45, 7) is 1.74. The molecule has 94 valence electrons. The highest BCUT2D eigenvalue weighted by atomic mass is 19.1. The van der Waals surface area contributed by atoms with Crippen LogP contribution in [0.5, 0.6) is 0 Å². The first kappa shape index (κ1) is 12.2. The first-order valence-electron chi connectivity index (χ1n) is 5.42. The molecule has 0 aliphatic heterocycles. The molecule has 0 radical (unpaired) electrons. The predicted octanol–water partition coefficient (Wildman–Crippen LogP) is 0.759. The van der Waals surface area contributed by atoms with E-state index in [0.717, 1.165) is 0 Å². The Kier molecular flexibility index (Phi) is 3.61. The zero-order valence-electron chi connectivity index (χ0n) is 9.72. The summed E-state index contributed by atoms with van der Waals surface area (Å²) in [7, 11) is 0. The predicted molar refractivity (Wildman–Crippen MR) is 60.8 cm³/mol. The Morgan fingerprint density at radius 2 is 2.39 bits per heavy atom. The third-order valence-electron chi connectivity index (χ3n) is 2.38. The molecular weight excluding hydrogens is 237 g/mol. The molecule has 0 saturated carbocycles. The highest BCUT2D eigenvalue weighted by Crippen LogP contribution is 2.07. The number of carbonyl (C=O) groups excluding carboxylic acids is 1. The van der Waals surface area contributed by atoms with Crippen LogP contribution in [0.4, 0.5) is 4.39 Å². The summed E-state index contributed by atoms with van der Waals surface area (Å²) in [5.74, 6) is -0.174. The zero-order chi connectivity index (χ0) is 13.0. The number of nitrogens with one attached hydrogen (secondary N) is 2. The van der Waals surface area contributed by atoms with Crippen molar-refractivity contribution in [1.82, 2.24) is 25.9 Å². The van der Waals surface area contributed by atoms with Crippen LogP contribution in [0.2, 0.25) is 0 Å². The topological polar surface area (TPSA) is 83.6 Å². The second-order valence-corrected chi connectivity index (χ2v) is 3.87. The van der Waals surface area contributed by atoms with Crippen molar-refractivity contribution >= 4 is 5.91 Å². The number of hydrogen-bond acceptors (Lipinski definition) is 4.